The fraction of sp³-hybridized carbons (Fsp3) is 0.100. The summed E-state index contributed by atoms with van der Waals surface area (Å²) in [6, 6.07) is 16.8. The standard InChI is InChI=1S/C20H18ClN3O4/c1-13-6-8-14(9-7-13)22-20(26)24-23-19(25)18-11-10-15(28-18)12-27-17-5-3-2-4-16(17)21/h2-11H,12H2,1H3,(H,23,25)(H2,22,24,26). The quantitative estimate of drug-likeness (QED) is 0.558. The number of hydrogen-bond donors (Lipinski definition) is 3. The van der Waals surface area contributed by atoms with E-state index < -0.39 is 11.9 Å². The highest BCUT2D eigenvalue weighted by atomic mass is 35.5. The summed E-state index contributed by atoms with van der Waals surface area (Å²) in [5.74, 6) is 0.395. The van der Waals surface area contributed by atoms with E-state index in [2.05, 4.69) is 16.2 Å². The second-order valence-electron chi connectivity index (χ2n) is 5.88. The minimum Gasteiger partial charge on any atom is -0.484 e. The van der Waals surface area contributed by atoms with Gasteiger partial charge in [-0.3, -0.25) is 10.2 Å². The lowest BCUT2D eigenvalue weighted by Gasteiger charge is -2.08. The Hall–Kier alpha value is -3.45. The van der Waals surface area contributed by atoms with Crippen molar-refractivity contribution < 1.29 is 18.7 Å². The molecule has 0 bridgehead atoms. The third-order valence-corrected chi connectivity index (χ3v) is 4.00. The number of hydrazine groups is 1. The number of amides is 3. The molecule has 3 aromatic rings. The smallest absolute Gasteiger partial charge is 0.337 e. The number of urea groups is 1. The fourth-order valence-corrected chi connectivity index (χ4v) is 2.45. The van der Waals surface area contributed by atoms with Crippen molar-refractivity contribution >= 4 is 29.2 Å². The first-order chi connectivity index (χ1) is 13.5. The number of carbonyl (C=O) groups is 2. The molecule has 1 aromatic heterocycles. The molecule has 3 amide bonds. The Labute approximate surface area is 166 Å². The third-order valence-electron chi connectivity index (χ3n) is 3.69. The van der Waals surface area contributed by atoms with Gasteiger partial charge in [0.25, 0.3) is 0 Å². The van der Waals surface area contributed by atoms with Gasteiger partial charge in [-0.15, -0.1) is 0 Å². The van der Waals surface area contributed by atoms with Crippen molar-refractivity contribution in [2.45, 2.75) is 13.5 Å². The van der Waals surface area contributed by atoms with E-state index in [1.807, 2.05) is 19.1 Å². The van der Waals surface area contributed by atoms with Crippen LogP contribution < -0.4 is 20.9 Å². The van der Waals surface area contributed by atoms with Gasteiger partial charge in [-0.2, -0.15) is 0 Å². The van der Waals surface area contributed by atoms with Gasteiger partial charge in [0.1, 0.15) is 18.1 Å². The van der Waals surface area contributed by atoms with E-state index in [-0.39, 0.29) is 12.4 Å². The normalized spacial score (nSPS) is 10.2. The summed E-state index contributed by atoms with van der Waals surface area (Å²) in [6.07, 6.45) is 0. The molecular weight excluding hydrogens is 382 g/mol. The summed E-state index contributed by atoms with van der Waals surface area (Å²) in [5.41, 5.74) is 6.21. The molecule has 28 heavy (non-hydrogen) atoms. The van der Waals surface area contributed by atoms with Gasteiger partial charge >= 0.3 is 11.9 Å². The number of aryl methyl sites for hydroxylation is 1. The number of furan rings is 1. The van der Waals surface area contributed by atoms with Gasteiger partial charge in [0, 0.05) is 5.69 Å². The maximum Gasteiger partial charge on any atom is 0.337 e. The largest absolute Gasteiger partial charge is 0.484 e. The number of benzene rings is 2. The fourth-order valence-electron chi connectivity index (χ4n) is 2.26. The molecule has 2 aromatic carbocycles. The third kappa shape index (κ3) is 5.28. The van der Waals surface area contributed by atoms with Crippen LogP contribution in [0.2, 0.25) is 5.02 Å². The highest BCUT2D eigenvalue weighted by Gasteiger charge is 2.13. The lowest BCUT2D eigenvalue weighted by molar-refractivity contribution is 0.0906. The van der Waals surface area contributed by atoms with E-state index in [4.69, 9.17) is 20.8 Å². The molecule has 0 atom stereocenters. The average molecular weight is 400 g/mol. The monoisotopic (exact) mass is 399 g/mol. The highest BCUT2D eigenvalue weighted by Crippen LogP contribution is 2.24. The molecule has 1 heterocycles. The molecule has 0 aliphatic rings. The van der Waals surface area contributed by atoms with Crippen LogP contribution >= 0.6 is 11.6 Å². The Morgan fingerprint density at radius 2 is 1.75 bits per heavy atom. The minimum atomic E-state index is -0.594. The Morgan fingerprint density at radius 1 is 1.00 bits per heavy atom. The van der Waals surface area contributed by atoms with Gasteiger partial charge in [0.2, 0.25) is 0 Å². The molecule has 3 rings (SSSR count). The zero-order valence-corrected chi connectivity index (χ0v) is 15.7. The molecule has 0 unspecified atom stereocenters. The Bertz CT molecular complexity index is 970. The number of halogens is 1. The van der Waals surface area contributed by atoms with E-state index in [9.17, 15) is 9.59 Å². The first-order valence-corrected chi connectivity index (χ1v) is 8.79. The summed E-state index contributed by atoms with van der Waals surface area (Å²) in [7, 11) is 0. The van der Waals surface area contributed by atoms with Crippen LogP contribution in [0.3, 0.4) is 0 Å². The number of anilines is 1. The van der Waals surface area contributed by atoms with Crippen LogP contribution in [-0.2, 0) is 6.61 Å². The van der Waals surface area contributed by atoms with Gasteiger partial charge < -0.3 is 14.5 Å². The first-order valence-electron chi connectivity index (χ1n) is 8.41. The van der Waals surface area contributed by atoms with Gasteiger partial charge in [0.15, 0.2) is 5.76 Å². The zero-order chi connectivity index (χ0) is 19.9. The SMILES string of the molecule is Cc1ccc(NC(=O)NNC(=O)c2ccc(COc3ccccc3Cl)o2)cc1. The van der Waals surface area contributed by atoms with Crippen LogP contribution in [0.25, 0.3) is 0 Å². The van der Waals surface area contributed by atoms with Crippen LogP contribution in [0, 0.1) is 6.92 Å². The van der Waals surface area contributed by atoms with Crippen molar-refractivity contribution in [3.8, 4) is 5.75 Å². The molecule has 0 fully saturated rings. The molecule has 3 N–H and O–H groups in total. The highest BCUT2D eigenvalue weighted by molar-refractivity contribution is 6.32. The maximum atomic E-state index is 12.1. The summed E-state index contributed by atoms with van der Waals surface area (Å²) >= 11 is 6.02. The predicted octanol–water partition coefficient (Wildman–Crippen LogP) is 4.29. The summed E-state index contributed by atoms with van der Waals surface area (Å²) in [5, 5.41) is 3.08. The second-order valence-corrected chi connectivity index (χ2v) is 6.29. The summed E-state index contributed by atoms with van der Waals surface area (Å²) in [6.45, 7) is 2.06. The number of ether oxygens (including phenoxy) is 1. The van der Waals surface area contributed by atoms with E-state index in [1.165, 1.54) is 6.07 Å². The molecule has 144 valence electrons. The van der Waals surface area contributed by atoms with Crippen LogP contribution in [0.1, 0.15) is 21.9 Å². The van der Waals surface area contributed by atoms with Crippen LogP contribution in [0.5, 0.6) is 5.75 Å². The molecule has 0 aliphatic carbocycles. The van der Waals surface area contributed by atoms with Crippen molar-refractivity contribution in [3.63, 3.8) is 0 Å². The molecule has 0 aliphatic heterocycles. The molecule has 8 heteroatoms. The molecule has 0 saturated carbocycles. The zero-order valence-electron chi connectivity index (χ0n) is 15.0. The van der Waals surface area contributed by atoms with Crippen LogP contribution in [0.15, 0.2) is 65.1 Å². The number of rotatable bonds is 5. The van der Waals surface area contributed by atoms with Crippen LogP contribution in [-0.4, -0.2) is 11.9 Å². The maximum absolute atomic E-state index is 12.1. The van der Waals surface area contributed by atoms with E-state index in [0.717, 1.165) is 5.56 Å². The number of nitrogens with one attached hydrogen (secondary N) is 3. The number of carbonyl (C=O) groups excluding carboxylic acids is 2. The lowest BCUT2D eigenvalue weighted by Crippen LogP contribution is -2.43. The molecule has 0 radical (unpaired) electrons. The van der Waals surface area contributed by atoms with Crippen molar-refractivity contribution in [2.75, 3.05) is 5.32 Å². The molecular formula is C20H18ClN3O4. The first kappa shape index (κ1) is 19.3. The van der Waals surface area contributed by atoms with Crippen molar-refractivity contribution in [1.29, 1.82) is 0 Å². The summed E-state index contributed by atoms with van der Waals surface area (Å²) < 4.78 is 11.0. The number of hydrogen-bond acceptors (Lipinski definition) is 4. The Kier molecular flexibility index (Phi) is 6.18. The molecule has 0 saturated heterocycles. The topological polar surface area (TPSA) is 92.6 Å². The van der Waals surface area contributed by atoms with Gasteiger partial charge in [-0.1, -0.05) is 41.4 Å². The number of para-hydroxylation sites is 1. The molecule has 0 spiro atoms. The predicted molar refractivity (Wildman–Crippen MR) is 105 cm³/mol. The summed E-state index contributed by atoms with van der Waals surface area (Å²) in [4.78, 5) is 23.9. The Balaban J connectivity index is 1.47. The van der Waals surface area contributed by atoms with Crippen molar-refractivity contribution in [3.05, 3.63) is 82.8 Å². The second kappa shape index (κ2) is 8.96. The van der Waals surface area contributed by atoms with Crippen LogP contribution in [0.4, 0.5) is 10.5 Å². The van der Waals surface area contributed by atoms with Crippen molar-refractivity contribution in [2.24, 2.45) is 0 Å². The Morgan fingerprint density at radius 3 is 2.50 bits per heavy atom. The lowest BCUT2D eigenvalue weighted by atomic mass is 10.2. The minimum absolute atomic E-state index is 0.0356. The van der Waals surface area contributed by atoms with E-state index in [1.54, 1.807) is 42.5 Å². The van der Waals surface area contributed by atoms with Gasteiger partial charge in [-0.05, 0) is 43.3 Å². The van der Waals surface area contributed by atoms with E-state index >= 15 is 0 Å². The van der Waals surface area contributed by atoms with E-state index in [0.29, 0.717) is 22.2 Å². The van der Waals surface area contributed by atoms with Crippen molar-refractivity contribution in [1.82, 2.24) is 10.9 Å². The van der Waals surface area contributed by atoms with Gasteiger partial charge in [0.05, 0.1) is 5.02 Å². The van der Waals surface area contributed by atoms with Gasteiger partial charge in [-0.25, -0.2) is 10.2 Å². The average Bonchev–Trinajstić information content (AvgIpc) is 3.16. The molecule has 7 nitrogen and oxygen atoms in total.